The molecule has 0 amide bonds. The highest BCUT2D eigenvalue weighted by Gasteiger charge is 2.23. The Kier molecular flexibility index (Phi) is 2.95. The lowest BCUT2D eigenvalue weighted by Gasteiger charge is -2.15. The Bertz CT molecular complexity index is 154. The summed E-state index contributed by atoms with van der Waals surface area (Å²) >= 11 is 0. The fraction of sp³-hybridized carbons (Fsp3) is 1.00. The highest BCUT2D eigenvalue weighted by Crippen LogP contribution is 2.19. The molecule has 0 aromatic heterocycles. The predicted octanol–water partition coefficient (Wildman–Crippen LogP) is 1.98. The first-order chi connectivity index (χ1) is 5.34. The van der Waals surface area contributed by atoms with Gasteiger partial charge < -0.3 is 0 Å². The molecule has 0 unspecified atom stereocenters. The summed E-state index contributed by atoms with van der Waals surface area (Å²) in [4.78, 5) is 14.6. The first-order valence-corrected chi connectivity index (χ1v) is 3.85. The highest BCUT2D eigenvalue weighted by molar-refractivity contribution is 4.61. The molecule has 1 rings (SSSR count). The molecule has 0 radical (unpaired) electrons. The van der Waals surface area contributed by atoms with E-state index in [9.17, 15) is 4.91 Å². The van der Waals surface area contributed by atoms with Crippen molar-refractivity contribution in [1.29, 1.82) is 5.53 Å². The largest absolute Gasteiger partial charge is 0.432 e. The van der Waals surface area contributed by atoms with Crippen LogP contribution in [0.3, 0.4) is 0 Å². The Labute approximate surface area is 64.7 Å². The number of nitrogens with zero attached hydrogens (tertiary/aromatic N) is 2. The number of hydrogen-bond acceptors (Lipinski definition) is 4. The summed E-state index contributed by atoms with van der Waals surface area (Å²) in [5.41, 5.74) is 7.18. The monoisotopic (exact) mass is 158 g/mol. The van der Waals surface area contributed by atoms with Crippen LogP contribution in [0.5, 0.6) is 0 Å². The van der Waals surface area contributed by atoms with E-state index in [1.165, 1.54) is 6.42 Å². The molecule has 5 nitrogen and oxygen atoms in total. The van der Waals surface area contributed by atoms with E-state index in [2.05, 4.69) is 10.3 Å². The Morgan fingerprint density at radius 2 is 2.00 bits per heavy atom. The number of nitrogens with one attached hydrogen (secondary N) is 1. The molecule has 62 valence electrons. The van der Waals surface area contributed by atoms with Crippen molar-refractivity contribution in [1.82, 2.24) is 0 Å². The van der Waals surface area contributed by atoms with Crippen LogP contribution in [0.15, 0.2) is 5.34 Å². The predicted molar refractivity (Wildman–Crippen MR) is 36.7 cm³/mol. The molecular weight excluding hydrogens is 146 g/mol. The van der Waals surface area contributed by atoms with Gasteiger partial charge >= 0.3 is 5.34 Å². The normalized spacial score (nSPS) is 19.3. The van der Waals surface area contributed by atoms with Crippen LogP contribution in [-0.4, -0.2) is 10.9 Å². The summed E-state index contributed by atoms with van der Waals surface area (Å²) in [5.74, 6) is 0. The second-order valence-corrected chi connectivity index (χ2v) is 2.77. The molecular formula is C6H12N3O2+. The Morgan fingerprint density at radius 1 is 1.36 bits per heavy atom. The molecule has 0 saturated heterocycles. The molecule has 1 aliphatic rings. The van der Waals surface area contributed by atoms with E-state index in [4.69, 9.17) is 5.53 Å². The van der Waals surface area contributed by atoms with Gasteiger partial charge in [0.1, 0.15) is 0 Å². The average Bonchev–Trinajstić information content (AvgIpc) is 2.07. The number of hydroxylamine groups is 1. The Hall–Kier alpha value is -1.00. The minimum absolute atomic E-state index is 0.0569. The van der Waals surface area contributed by atoms with Gasteiger partial charge in [-0.25, -0.2) is 0 Å². The SMILES string of the molecule is N=[N+](ON=O)C1CCCCC1. The van der Waals surface area contributed by atoms with Gasteiger partial charge in [-0.2, -0.15) is 0 Å². The zero-order valence-corrected chi connectivity index (χ0v) is 6.32. The molecule has 0 spiro atoms. The van der Waals surface area contributed by atoms with Crippen LogP contribution >= 0.6 is 0 Å². The molecule has 1 N–H and O–H groups in total. The van der Waals surface area contributed by atoms with Gasteiger partial charge in [0, 0.05) is 9.77 Å². The molecule has 0 aromatic carbocycles. The van der Waals surface area contributed by atoms with E-state index in [0.29, 0.717) is 0 Å². The van der Waals surface area contributed by atoms with E-state index in [0.717, 1.165) is 30.5 Å². The van der Waals surface area contributed by atoms with Crippen LogP contribution in [0.1, 0.15) is 32.1 Å². The third-order valence-electron chi connectivity index (χ3n) is 2.03. The molecule has 0 atom stereocenters. The topological polar surface area (TPSA) is 65.5 Å². The fourth-order valence-corrected chi connectivity index (χ4v) is 1.42. The van der Waals surface area contributed by atoms with Crippen molar-refractivity contribution in [2.24, 2.45) is 5.34 Å². The molecule has 0 aliphatic heterocycles. The Balaban J connectivity index is 2.32. The van der Waals surface area contributed by atoms with Crippen LogP contribution in [0.25, 0.3) is 0 Å². The van der Waals surface area contributed by atoms with E-state index in [-0.39, 0.29) is 6.04 Å². The third-order valence-corrected chi connectivity index (χ3v) is 2.03. The van der Waals surface area contributed by atoms with Crippen molar-refractivity contribution in [3.05, 3.63) is 4.91 Å². The second kappa shape index (κ2) is 4.00. The van der Waals surface area contributed by atoms with Gasteiger partial charge in [-0.05, 0) is 30.6 Å². The van der Waals surface area contributed by atoms with E-state index >= 15 is 0 Å². The molecule has 0 aromatic rings. The lowest BCUT2D eigenvalue weighted by molar-refractivity contribution is -0.875. The van der Waals surface area contributed by atoms with Crippen LogP contribution in [0.2, 0.25) is 0 Å². The summed E-state index contributed by atoms with van der Waals surface area (Å²) in [5, 5.41) is 2.20. The Morgan fingerprint density at radius 3 is 2.55 bits per heavy atom. The maximum Gasteiger partial charge on any atom is 0.432 e. The molecule has 0 bridgehead atoms. The lowest BCUT2D eigenvalue weighted by Crippen LogP contribution is -2.25. The minimum Gasteiger partial charge on any atom is -0.0994 e. The van der Waals surface area contributed by atoms with Gasteiger partial charge in [0.25, 0.3) is 0 Å². The maximum atomic E-state index is 9.62. The van der Waals surface area contributed by atoms with E-state index in [1.807, 2.05) is 0 Å². The van der Waals surface area contributed by atoms with Crippen LogP contribution < -0.4 is 0 Å². The molecule has 1 saturated carbocycles. The average molecular weight is 158 g/mol. The lowest BCUT2D eigenvalue weighted by atomic mass is 9.96. The number of hydrogen-bond donors (Lipinski definition) is 1. The van der Waals surface area contributed by atoms with Crippen molar-refractivity contribution in [3.63, 3.8) is 0 Å². The molecule has 11 heavy (non-hydrogen) atoms. The van der Waals surface area contributed by atoms with Gasteiger partial charge in [-0.15, -0.1) is 0 Å². The third kappa shape index (κ3) is 2.25. The van der Waals surface area contributed by atoms with Crippen LogP contribution in [0, 0.1) is 10.4 Å². The van der Waals surface area contributed by atoms with E-state index < -0.39 is 0 Å². The summed E-state index contributed by atoms with van der Waals surface area (Å²) in [7, 11) is 0. The van der Waals surface area contributed by atoms with Crippen molar-refractivity contribution < 1.29 is 9.80 Å². The summed E-state index contributed by atoms with van der Waals surface area (Å²) < 4.78 is 0. The van der Waals surface area contributed by atoms with Gasteiger partial charge in [0.05, 0.1) is 0 Å². The summed E-state index contributed by atoms with van der Waals surface area (Å²) in [6.45, 7) is 0. The van der Waals surface area contributed by atoms with Crippen molar-refractivity contribution >= 4 is 0 Å². The maximum absolute atomic E-state index is 9.62. The van der Waals surface area contributed by atoms with Crippen molar-refractivity contribution in [2.75, 3.05) is 0 Å². The minimum atomic E-state index is 0.0569. The first kappa shape index (κ1) is 8.10. The second-order valence-electron chi connectivity index (χ2n) is 2.77. The quantitative estimate of drug-likeness (QED) is 0.295. The first-order valence-electron chi connectivity index (χ1n) is 3.85. The van der Waals surface area contributed by atoms with Crippen LogP contribution in [-0.2, 0) is 4.94 Å². The highest BCUT2D eigenvalue weighted by atomic mass is 16.9. The summed E-state index contributed by atoms with van der Waals surface area (Å²) in [6, 6.07) is 0.0569. The fourth-order valence-electron chi connectivity index (χ4n) is 1.42. The number of rotatable bonds is 3. The summed E-state index contributed by atoms with van der Waals surface area (Å²) in [6.07, 6.45) is 5.31. The van der Waals surface area contributed by atoms with Gasteiger partial charge in [-0.3, -0.25) is 0 Å². The standard InChI is InChI=1S/C6H12N3O2/c7-9(11-8-10)6-4-2-1-3-5-6/h6-7H,1-5H2/q+1. The smallest absolute Gasteiger partial charge is 0.0994 e. The molecule has 0 heterocycles. The van der Waals surface area contributed by atoms with Crippen molar-refractivity contribution in [2.45, 2.75) is 38.1 Å². The molecule has 1 aliphatic carbocycles. The molecule has 1 fully saturated rings. The van der Waals surface area contributed by atoms with Crippen molar-refractivity contribution in [3.8, 4) is 0 Å². The zero-order valence-electron chi connectivity index (χ0n) is 6.32. The van der Waals surface area contributed by atoms with Gasteiger partial charge in [0.2, 0.25) is 0 Å². The van der Waals surface area contributed by atoms with E-state index in [1.54, 1.807) is 0 Å². The van der Waals surface area contributed by atoms with Crippen LogP contribution in [0.4, 0.5) is 0 Å². The zero-order chi connectivity index (χ0) is 8.10. The van der Waals surface area contributed by atoms with Gasteiger partial charge in [0.15, 0.2) is 6.04 Å². The molecule has 5 heteroatoms. The van der Waals surface area contributed by atoms with Gasteiger partial charge in [-0.1, -0.05) is 12.0 Å².